The predicted molar refractivity (Wildman–Crippen MR) is 187 cm³/mol. The highest BCUT2D eigenvalue weighted by Gasteiger charge is 2.22. The van der Waals surface area contributed by atoms with E-state index in [1.54, 1.807) is 16.7 Å². The smallest absolute Gasteiger partial charge is 0.0927 e. The lowest BCUT2D eigenvalue weighted by molar-refractivity contribution is 0.625. The molecule has 0 fully saturated rings. The van der Waals surface area contributed by atoms with Crippen molar-refractivity contribution in [2.24, 2.45) is 0 Å². The van der Waals surface area contributed by atoms with Gasteiger partial charge in [-0.15, -0.1) is 0 Å². The second kappa shape index (κ2) is 23.7. The van der Waals surface area contributed by atoms with E-state index in [0.29, 0.717) is 0 Å². The molecule has 2 nitrogen and oxygen atoms in total. The van der Waals surface area contributed by atoms with Crippen molar-refractivity contribution < 1.29 is 0 Å². The summed E-state index contributed by atoms with van der Waals surface area (Å²) in [5.41, 5.74) is 10.2. The van der Waals surface area contributed by atoms with Crippen LogP contribution < -0.4 is 0 Å². The highest BCUT2D eigenvalue weighted by molar-refractivity contribution is 5.66. The first kappa shape index (κ1) is 36.5. The van der Waals surface area contributed by atoms with Crippen LogP contribution in [0, 0.1) is 0 Å². The zero-order valence-corrected chi connectivity index (χ0v) is 28.8. The van der Waals surface area contributed by atoms with Crippen LogP contribution in [0.5, 0.6) is 0 Å². The molecule has 0 aliphatic heterocycles. The predicted octanol–water partition coefficient (Wildman–Crippen LogP) is 12.8. The number of pyridine rings is 2. The second-order valence-electron chi connectivity index (χ2n) is 12.9. The van der Waals surface area contributed by atoms with Crippen molar-refractivity contribution in [3.05, 3.63) is 46.3 Å². The maximum absolute atomic E-state index is 5.69. The first-order valence-corrected chi connectivity index (χ1v) is 18.7. The monoisotopic (exact) mass is 577 g/mol. The number of hydrogen-bond acceptors (Lipinski definition) is 2. The topological polar surface area (TPSA) is 25.8 Å². The molecule has 0 radical (unpaired) electrons. The Hall–Kier alpha value is -1.70. The van der Waals surface area contributed by atoms with E-state index in [4.69, 9.17) is 9.97 Å². The Labute approximate surface area is 262 Å². The molecule has 42 heavy (non-hydrogen) atoms. The second-order valence-corrected chi connectivity index (χ2v) is 12.9. The Morgan fingerprint density at radius 1 is 0.429 bits per heavy atom. The SMILES string of the molecule is CCCCCCc1cccnc1-c1nc(CCCCCC)c(CCCCCC)c(CCCCCC)c1CCCCCC. The van der Waals surface area contributed by atoms with E-state index in [9.17, 15) is 0 Å². The molecule has 2 aromatic heterocycles. The molecule has 0 unspecified atom stereocenters. The molecule has 2 aromatic rings. The third kappa shape index (κ3) is 13.3. The van der Waals surface area contributed by atoms with Crippen LogP contribution in [0.4, 0.5) is 0 Å². The van der Waals surface area contributed by atoms with Gasteiger partial charge in [0.25, 0.3) is 0 Å². The van der Waals surface area contributed by atoms with Gasteiger partial charge in [0, 0.05) is 11.9 Å². The summed E-state index contributed by atoms with van der Waals surface area (Å²) in [6.45, 7) is 11.6. The minimum Gasteiger partial charge on any atom is -0.254 e. The van der Waals surface area contributed by atoms with E-state index in [0.717, 1.165) is 19.3 Å². The lowest BCUT2D eigenvalue weighted by Gasteiger charge is -2.23. The number of aromatic nitrogens is 2. The van der Waals surface area contributed by atoms with Gasteiger partial charge in [-0.05, 0) is 92.5 Å². The van der Waals surface area contributed by atoms with Gasteiger partial charge in [-0.3, -0.25) is 9.97 Å². The van der Waals surface area contributed by atoms with Gasteiger partial charge in [0.1, 0.15) is 0 Å². The summed E-state index contributed by atoms with van der Waals surface area (Å²) < 4.78 is 0. The van der Waals surface area contributed by atoms with Crippen molar-refractivity contribution in [1.29, 1.82) is 0 Å². The van der Waals surface area contributed by atoms with Crippen LogP contribution in [0.1, 0.15) is 191 Å². The largest absolute Gasteiger partial charge is 0.254 e. The Morgan fingerprint density at radius 3 is 1.40 bits per heavy atom. The summed E-state index contributed by atoms with van der Waals surface area (Å²) in [6.07, 6.45) is 34.1. The van der Waals surface area contributed by atoms with Gasteiger partial charge < -0.3 is 0 Å². The van der Waals surface area contributed by atoms with E-state index < -0.39 is 0 Å². The van der Waals surface area contributed by atoms with Gasteiger partial charge >= 0.3 is 0 Å². The zero-order chi connectivity index (χ0) is 30.3. The van der Waals surface area contributed by atoms with E-state index in [2.05, 4.69) is 46.8 Å². The van der Waals surface area contributed by atoms with E-state index in [1.807, 2.05) is 6.20 Å². The quantitative estimate of drug-likeness (QED) is 0.104. The first-order chi connectivity index (χ1) is 20.7. The van der Waals surface area contributed by atoms with Crippen molar-refractivity contribution in [3.63, 3.8) is 0 Å². The molecule has 2 heterocycles. The number of hydrogen-bond donors (Lipinski definition) is 0. The van der Waals surface area contributed by atoms with Crippen molar-refractivity contribution in [2.45, 2.75) is 195 Å². The Bertz CT molecular complexity index is 947. The number of unbranched alkanes of at least 4 members (excludes halogenated alkanes) is 15. The van der Waals surface area contributed by atoms with E-state index >= 15 is 0 Å². The molecule has 0 saturated carbocycles. The summed E-state index contributed by atoms with van der Waals surface area (Å²) in [6, 6.07) is 4.50. The van der Waals surface area contributed by atoms with Gasteiger partial charge in [0.15, 0.2) is 0 Å². The average Bonchev–Trinajstić information content (AvgIpc) is 3.01. The Kier molecular flexibility index (Phi) is 20.6. The third-order valence-corrected chi connectivity index (χ3v) is 9.13. The van der Waals surface area contributed by atoms with Crippen molar-refractivity contribution >= 4 is 0 Å². The molecule has 0 amide bonds. The lowest BCUT2D eigenvalue weighted by atomic mass is 9.86. The molecule has 238 valence electrons. The summed E-state index contributed by atoms with van der Waals surface area (Å²) in [5, 5.41) is 0. The van der Waals surface area contributed by atoms with Gasteiger partial charge in [0.2, 0.25) is 0 Å². The third-order valence-electron chi connectivity index (χ3n) is 9.13. The van der Waals surface area contributed by atoms with Gasteiger partial charge in [-0.2, -0.15) is 0 Å². The van der Waals surface area contributed by atoms with Crippen molar-refractivity contribution in [1.82, 2.24) is 9.97 Å². The normalized spacial score (nSPS) is 11.5. The molecule has 0 aliphatic rings. The summed E-state index contributed by atoms with van der Waals surface area (Å²) in [4.78, 5) is 10.8. The lowest BCUT2D eigenvalue weighted by Crippen LogP contribution is -2.13. The fourth-order valence-corrected chi connectivity index (χ4v) is 6.54. The van der Waals surface area contributed by atoms with Crippen LogP contribution in [0.3, 0.4) is 0 Å². The summed E-state index contributed by atoms with van der Waals surface area (Å²) in [5.74, 6) is 0. The van der Waals surface area contributed by atoms with Crippen LogP contribution in [-0.4, -0.2) is 9.97 Å². The van der Waals surface area contributed by atoms with Gasteiger partial charge in [-0.1, -0.05) is 137 Å². The molecular formula is C40H68N2. The molecule has 0 spiro atoms. The van der Waals surface area contributed by atoms with E-state index in [-0.39, 0.29) is 0 Å². The minimum atomic E-state index is 1.12. The molecule has 0 aliphatic carbocycles. The fourth-order valence-electron chi connectivity index (χ4n) is 6.54. The Morgan fingerprint density at radius 2 is 0.881 bits per heavy atom. The molecule has 2 rings (SSSR count). The number of rotatable bonds is 26. The maximum atomic E-state index is 5.69. The average molecular weight is 577 g/mol. The molecule has 0 saturated heterocycles. The van der Waals surface area contributed by atoms with Crippen LogP contribution >= 0.6 is 0 Å². The highest BCUT2D eigenvalue weighted by Crippen LogP contribution is 2.34. The number of aryl methyl sites for hydroxylation is 2. The van der Waals surface area contributed by atoms with Crippen LogP contribution in [0.25, 0.3) is 11.4 Å². The summed E-state index contributed by atoms with van der Waals surface area (Å²) in [7, 11) is 0. The fraction of sp³-hybridized carbons (Fsp3) is 0.750. The summed E-state index contributed by atoms with van der Waals surface area (Å²) >= 11 is 0. The van der Waals surface area contributed by atoms with Gasteiger partial charge in [0.05, 0.1) is 11.4 Å². The Balaban J connectivity index is 2.65. The van der Waals surface area contributed by atoms with Crippen molar-refractivity contribution in [3.8, 4) is 11.4 Å². The number of nitrogens with zero attached hydrogens (tertiary/aromatic N) is 2. The first-order valence-electron chi connectivity index (χ1n) is 18.7. The maximum Gasteiger partial charge on any atom is 0.0927 e. The van der Waals surface area contributed by atoms with Gasteiger partial charge in [-0.25, -0.2) is 0 Å². The van der Waals surface area contributed by atoms with E-state index in [1.165, 1.54) is 164 Å². The molecular weight excluding hydrogens is 508 g/mol. The minimum absolute atomic E-state index is 1.12. The van der Waals surface area contributed by atoms with Crippen LogP contribution in [-0.2, 0) is 32.1 Å². The van der Waals surface area contributed by atoms with Crippen LogP contribution in [0.15, 0.2) is 18.3 Å². The molecule has 0 atom stereocenters. The van der Waals surface area contributed by atoms with Crippen molar-refractivity contribution in [2.75, 3.05) is 0 Å². The highest BCUT2D eigenvalue weighted by atomic mass is 14.8. The standard InChI is InChI=1S/C40H68N2/c1-6-11-16-21-27-34-28-26-33-41-39(34)40-37(31-24-19-14-9-4)35(29-22-17-12-7-2)36(30-23-18-13-8-3)38(42-40)32-25-20-15-10-5/h26,28,33H,6-25,27,29-32H2,1-5H3. The molecule has 0 bridgehead atoms. The molecule has 2 heteroatoms. The molecule has 0 aromatic carbocycles. The van der Waals surface area contributed by atoms with Crippen LogP contribution in [0.2, 0.25) is 0 Å². The zero-order valence-electron chi connectivity index (χ0n) is 28.8. The molecule has 0 N–H and O–H groups in total.